The molecule has 0 radical (unpaired) electrons. The lowest BCUT2D eigenvalue weighted by Gasteiger charge is -2.33. The Labute approximate surface area is 122 Å². The maximum atomic E-state index is 6.31. The number of fused-ring (bicyclic) bond motifs is 1. The lowest BCUT2D eigenvalue weighted by atomic mass is 9.99. The number of rotatable bonds is 7. The van der Waals surface area contributed by atoms with Crippen LogP contribution < -0.4 is 10.5 Å². The summed E-state index contributed by atoms with van der Waals surface area (Å²) in [7, 11) is 0. The van der Waals surface area contributed by atoms with Gasteiger partial charge in [-0.1, -0.05) is 50.8 Å². The standard InChI is InChI=1S/C17H27NO2/c1-3-4-5-6-9-13(2)20-16-12-19-15-11-8-7-10-14(15)17(16)18/h7-8,10-11,13,16-17H,3-6,9,12,18H2,1-2H3. The van der Waals surface area contributed by atoms with Crippen molar-refractivity contribution in [1.29, 1.82) is 0 Å². The average molecular weight is 277 g/mol. The van der Waals surface area contributed by atoms with E-state index in [9.17, 15) is 0 Å². The summed E-state index contributed by atoms with van der Waals surface area (Å²) in [6, 6.07) is 7.89. The second-order valence-corrected chi connectivity index (χ2v) is 5.71. The van der Waals surface area contributed by atoms with Gasteiger partial charge in [0.25, 0.3) is 0 Å². The van der Waals surface area contributed by atoms with E-state index < -0.39 is 0 Å². The molecular formula is C17H27NO2. The third kappa shape index (κ3) is 3.97. The van der Waals surface area contributed by atoms with Crippen LogP contribution >= 0.6 is 0 Å². The number of ether oxygens (including phenoxy) is 2. The van der Waals surface area contributed by atoms with Gasteiger partial charge >= 0.3 is 0 Å². The quantitative estimate of drug-likeness (QED) is 0.770. The van der Waals surface area contributed by atoms with Gasteiger partial charge in [-0.25, -0.2) is 0 Å². The Kier molecular flexibility index (Phi) is 5.86. The minimum absolute atomic E-state index is 0.0360. The molecule has 0 aliphatic carbocycles. The molecule has 0 spiro atoms. The zero-order valence-electron chi connectivity index (χ0n) is 12.7. The number of benzene rings is 1. The van der Waals surface area contributed by atoms with E-state index in [1.165, 1.54) is 25.7 Å². The first-order valence-electron chi connectivity index (χ1n) is 7.85. The normalized spacial score (nSPS) is 22.9. The van der Waals surface area contributed by atoms with Crippen molar-refractivity contribution < 1.29 is 9.47 Å². The second kappa shape index (κ2) is 7.65. The Balaban J connectivity index is 1.82. The third-order valence-corrected chi connectivity index (χ3v) is 3.95. The van der Waals surface area contributed by atoms with Gasteiger partial charge in [0.05, 0.1) is 12.1 Å². The number of unbranched alkanes of at least 4 members (excludes halogenated alkanes) is 3. The molecule has 0 bridgehead atoms. The highest BCUT2D eigenvalue weighted by Gasteiger charge is 2.29. The zero-order chi connectivity index (χ0) is 14.4. The summed E-state index contributed by atoms with van der Waals surface area (Å²) < 4.78 is 11.8. The van der Waals surface area contributed by atoms with E-state index in [2.05, 4.69) is 13.8 Å². The van der Waals surface area contributed by atoms with Crippen molar-refractivity contribution in [3.63, 3.8) is 0 Å². The van der Waals surface area contributed by atoms with Crippen LogP contribution in [-0.2, 0) is 4.74 Å². The molecule has 0 saturated carbocycles. The molecule has 0 amide bonds. The van der Waals surface area contributed by atoms with Gasteiger partial charge in [0.2, 0.25) is 0 Å². The Morgan fingerprint density at radius 2 is 2.10 bits per heavy atom. The molecule has 1 aliphatic heterocycles. The maximum Gasteiger partial charge on any atom is 0.124 e. The van der Waals surface area contributed by atoms with Crippen LogP contribution in [0.15, 0.2) is 24.3 Å². The molecule has 2 N–H and O–H groups in total. The monoisotopic (exact) mass is 277 g/mol. The smallest absolute Gasteiger partial charge is 0.124 e. The van der Waals surface area contributed by atoms with Crippen molar-refractivity contribution in [1.82, 2.24) is 0 Å². The molecule has 1 aliphatic rings. The van der Waals surface area contributed by atoms with Crippen LogP contribution in [-0.4, -0.2) is 18.8 Å². The van der Waals surface area contributed by atoms with Crippen molar-refractivity contribution in [2.75, 3.05) is 6.61 Å². The molecule has 112 valence electrons. The predicted molar refractivity (Wildman–Crippen MR) is 82.0 cm³/mol. The molecule has 3 nitrogen and oxygen atoms in total. The molecule has 1 aromatic rings. The van der Waals surface area contributed by atoms with Crippen molar-refractivity contribution in [3.05, 3.63) is 29.8 Å². The molecule has 1 aromatic carbocycles. The Morgan fingerprint density at radius 1 is 1.30 bits per heavy atom. The molecular weight excluding hydrogens is 250 g/mol. The van der Waals surface area contributed by atoms with Gasteiger partial charge < -0.3 is 15.2 Å². The molecule has 0 saturated heterocycles. The van der Waals surface area contributed by atoms with Gasteiger partial charge in [0.15, 0.2) is 0 Å². The molecule has 0 fully saturated rings. The van der Waals surface area contributed by atoms with E-state index >= 15 is 0 Å². The highest BCUT2D eigenvalue weighted by molar-refractivity contribution is 5.38. The summed E-state index contributed by atoms with van der Waals surface area (Å²) in [5.74, 6) is 0.899. The van der Waals surface area contributed by atoms with Gasteiger partial charge in [-0.2, -0.15) is 0 Å². The van der Waals surface area contributed by atoms with Crippen molar-refractivity contribution in [3.8, 4) is 5.75 Å². The fourth-order valence-electron chi connectivity index (χ4n) is 2.71. The summed E-state index contributed by atoms with van der Waals surface area (Å²) in [5.41, 5.74) is 7.37. The first-order valence-corrected chi connectivity index (χ1v) is 7.85. The zero-order valence-corrected chi connectivity index (χ0v) is 12.7. The number of hydrogen-bond acceptors (Lipinski definition) is 3. The molecule has 3 heteroatoms. The third-order valence-electron chi connectivity index (χ3n) is 3.95. The highest BCUT2D eigenvalue weighted by atomic mass is 16.5. The van der Waals surface area contributed by atoms with Gasteiger partial charge in [-0.05, 0) is 19.4 Å². The summed E-state index contributed by atoms with van der Waals surface area (Å²) in [4.78, 5) is 0. The van der Waals surface area contributed by atoms with Crippen LogP contribution in [0, 0.1) is 0 Å². The van der Waals surface area contributed by atoms with E-state index in [0.717, 1.165) is 17.7 Å². The topological polar surface area (TPSA) is 44.5 Å². The molecule has 20 heavy (non-hydrogen) atoms. The molecule has 2 rings (SSSR count). The summed E-state index contributed by atoms with van der Waals surface area (Å²) >= 11 is 0. The van der Waals surface area contributed by atoms with Gasteiger partial charge in [-0.15, -0.1) is 0 Å². The summed E-state index contributed by atoms with van der Waals surface area (Å²) in [6.45, 7) is 4.92. The minimum Gasteiger partial charge on any atom is -0.490 e. The largest absolute Gasteiger partial charge is 0.490 e. The SMILES string of the molecule is CCCCCCC(C)OC1COc2ccccc2C1N. The van der Waals surface area contributed by atoms with Crippen molar-refractivity contribution >= 4 is 0 Å². The van der Waals surface area contributed by atoms with E-state index in [4.69, 9.17) is 15.2 Å². The van der Waals surface area contributed by atoms with Crippen LogP contribution in [0.1, 0.15) is 57.6 Å². The average Bonchev–Trinajstić information content (AvgIpc) is 2.47. The van der Waals surface area contributed by atoms with Crippen LogP contribution in [0.5, 0.6) is 5.75 Å². The summed E-state index contributed by atoms with van der Waals surface area (Å²) in [5, 5.41) is 0. The maximum absolute atomic E-state index is 6.31. The van der Waals surface area contributed by atoms with Gasteiger partial charge in [-0.3, -0.25) is 0 Å². The van der Waals surface area contributed by atoms with Crippen LogP contribution in [0.3, 0.4) is 0 Å². The lowest BCUT2D eigenvalue weighted by molar-refractivity contribution is -0.0506. The Hall–Kier alpha value is -1.06. The van der Waals surface area contributed by atoms with Crippen molar-refractivity contribution in [2.24, 2.45) is 5.73 Å². The van der Waals surface area contributed by atoms with Crippen LogP contribution in [0.25, 0.3) is 0 Å². The summed E-state index contributed by atoms with van der Waals surface area (Å²) in [6.07, 6.45) is 6.42. The Morgan fingerprint density at radius 3 is 2.90 bits per heavy atom. The Bertz CT molecular complexity index is 408. The first-order chi connectivity index (χ1) is 9.72. The van der Waals surface area contributed by atoms with Gasteiger partial charge in [0.1, 0.15) is 18.5 Å². The molecule has 3 unspecified atom stereocenters. The fraction of sp³-hybridized carbons (Fsp3) is 0.647. The fourth-order valence-corrected chi connectivity index (χ4v) is 2.71. The van der Waals surface area contributed by atoms with E-state index in [1.807, 2.05) is 24.3 Å². The van der Waals surface area contributed by atoms with Crippen molar-refractivity contribution in [2.45, 2.75) is 64.2 Å². The molecule has 3 atom stereocenters. The second-order valence-electron chi connectivity index (χ2n) is 5.71. The van der Waals surface area contributed by atoms with Gasteiger partial charge in [0, 0.05) is 5.56 Å². The lowest BCUT2D eigenvalue weighted by Crippen LogP contribution is -2.39. The molecule has 0 aromatic heterocycles. The van der Waals surface area contributed by atoms with Crippen LogP contribution in [0.2, 0.25) is 0 Å². The van der Waals surface area contributed by atoms with E-state index in [1.54, 1.807) is 0 Å². The first kappa shape index (κ1) is 15.3. The molecule has 1 heterocycles. The van der Waals surface area contributed by atoms with E-state index in [0.29, 0.717) is 6.61 Å². The number of hydrogen-bond donors (Lipinski definition) is 1. The minimum atomic E-state index is -0.0851. The van der Waals surface area contributed by atoms with E-state index in [-0.39, 0.29) is 18.2 Å². The number of nitrogens with two attached hydrogens (primary N) is 1. The van der Waals surface area contributed by atoms with Crippen LogP contribution in [0.4, 0.5) is 0 Å². The highest BCUT2D eigenvalue weighted by Crippen LogP contribution is 2.32. The number of para-hydroxylation sites is 1. The predicted octanol–water partition coefficient (Wildman–Crippen LogP) is 3.82.